The van der Waals surface area contributed by atoms with Crippen LogP contribution < -0.4 is 5.32 Å². The van der Waals surface area contributed by atoms with Crippen LogP contribution in [0.3, 0.4) is 0 Å². The third-order valence-electron chi connectivity index (χ3n) is 11.2. The molecule has 1 amide bonds. The standard InChI is InChI=1S/C59H99NO3/c1-3-5-7-9-11-13-15-17-19-21-23-24-25-26-27-28-29-30-31-32-33-34-35-36-37-39-41-43-45-47-49-51-53-55-59(63)60-57(56-61)58(62)54-52-50-48-46-44-42-40-38-22-20-18-16-14-12-10-8-6-4-2/h5,7,11,13,17,19,23-24,26-27,29-30,32-33,35-36,44,46,52,54,57-58,61-62H,3-4,6,8-10,12,14-16,18,20-22,25,28,31,34,37-43,45,47-51,53,55-56H2,1-2H3,(H,60,63)/b7-5-,13-11-,19-17-,24-23-,27-26-,30-29-,33-32-,36-35-,46-44+,54-52+. The second kappa shape index (κ2) is 53.1. The number of amides is 1. The number of nitrogens with one attached hydrogen (secondary N) is 1. The number of aliphatic hydroxyl groups excluding tert-OH is 2. The van der Waals surface area contributed by atoms with Gasteiger partial charge in [0.15, 0.2) is 0 Å². The number of allylic oxidation sites excluding steroid dienone is 19. The molecule has 0 aliphatic heterocycles. The zero-order chi connectivity index (χ0) is 45.6. The molecule has 2 unspecified atom stereocenters. The van der Waals surface area contributed by atoms with Crippen molar-refractivity contribution >= 4 is 5.91 Å². The first kappa shape index (κ1) is 59.8. The van der Waals surface area contributed by atoms with E-state index in [2.05, 4.69) is 129 Å². The largest absolute Gasteiger partial charge is 0.394 e. The molecule has 0 radical (unpaired) electrons. The smallest absolute Gasteiger partial charge is 0.220 e. The van der Waals surface area contributed by atoms with Crippen molar-refractivity contribution in [2.24, 2.45) is 0 Å². The molecule has 0 fully saturated rings. The lowest BCUT2D eigenvalue weighted by molar-refractivity contribution is -0.123. The Morgan fingerprint density at radius 1 is 0.397 bits per heavy atom. The van der Waals surface area contributed by atoms with Crippen LogP contribution in [0.5, 0.6) is 0 Å². The predicted octanol–water partition coefficient (Wildman–Crippen LogP) is 17.3. The summed E-state index contributed by atoms with van der Waals surface area (Å²) in [5.41, 5.74) is 0. The van der Waals surface area contributed by atoms with Gasteiger partial charge >= 0.3 is 0 Å². The molecule has 3 N–H and O–H groups in total. The van der Waals surface area contributed by atoms with E-state index in [4.69, 9.17) is 0 Å². The Morgan fingerprint density at radius 2 is 0.714 bits per heavy atom. The van der Waals surface area contributed by atoms with E-state index in [1.165, 1.54) is 109 Å². The maximum absolute atomic E-state index is 12.4. The Hall–Kier alpha value is -3.21. The number of aliphatic hydroxyl groups is 2. The summed E-state index contributed by atoms with van der Waals surface area (Å²) in [5, 5.41) is 23.1. The van der Waals surface area contributed by atoms with Gasteiger partial charge in [-0.1, -0.05) is 245 Å². The highest BCUT2D eigenvalue weighted by Gasteiger charge is 2.17. The first-order chi connectivity index (χ1) is 31.2. The van der Waals surface area contributed by atoms with Crippen LogP contribution in [-0.2, 0) is 4.79 Å². The average Bonchev–Trinajstić information content (AvgIpc) is 3.29. The van der Waals surface area contributed by atoms with Crippen LogP contribution in [0, 0.1) is 0 Å². The predicted molar refractivity (Wildman–Crippen MR) is 280 cm³/mol. The van der Waals surface area contributed by atoms with E-state index in [1.807, 2.05) is 6.08 Å². The van der Waals surface area contributed by atoms with E-state index in [0.29, 0.717) is 6.42 Å². The zero-order valence-electron chi connectivity index (χ0n) is 41.0. The van der Waals surface area contributed by atoms with Gasteiger partial charge in [-0.3, -0.25) is 4.79 Å². The minimum atomic E-state index is -0.874. The quantitative estimate of drug-likeness (QED) is 0.0422. The number of hydrogen-bond donors (Lipinski definition) is 3. The topological polar surface area (TPSA) is 69.6 Å². The zero-order valence-corrected chi connectivity index (χ0v) is 41.0. The van der Waals surface area contributed by atoms with Gasteiger partial charge in [0.05, 0.1) is 18.8 Å². The summed E-state index contributed by atoms with van der Waals surface area (Å²) in [5.74, 6) is -0.0873. The van der Waals surface area contributed by atoms with Crippen molar-refractivity contribution in [1.82, 2.24) is 5.32 Å². The van der Waals surface area contributed by atoms with Crippen molar-refractivity contribution in [2.75, 3.05) is 6.61 Å². The highest BCUT2D eigenvalue weighted by molar-refractivity contribution is 5.76. The van der Waals surface area contributed by atoms with Crippen LogP contribution in [-0.4, -0.2) is 34.9 Å². The SMILES string of the molecule is CC/C=C\C/C=C\C/C=C\C/C=C\C/C=C\C/C=C\C/C=C\C/C=C\CCCCCCCCCCC(=O)NC(CO)C(O)/C=C/CC/C=C/CCCCCCCCCCCCCC. The molecule has 63 heavy (non-hydrogen) atoms. The summed E-state index contributed by atoms with van der Waals surface area (Å²) in [6.07, 6.45) is 81.9. The average molecular weight is 870 g/mol. The molecule has 0 rings (SSSR count). The Bertz CT molecular complexity index is 1260. The highest BCUT2D eigenvalue weighted by atomic mass is 16.3. The van der Waals surface area contributed by atoms with Gasteiger partial charge < -0.3 is 15.5 Å². The minimum Gasteiger partial charge on any atom is -0.394 e. The molecule has 0 spiro atoms. The molecule has 0 heterocycles. The van der Waals surface area contributed by atoms with E-state index in [1.54, 1.807) is 6.08 Å². The second-order valence-electron chi connectivity index (χ2n) is 17.2. The van der Waals surface area contributed by atoms with Gasteiger partial charge in [0.1, 0.15) is 0 Å². The lowest BCUT2D eigenvalue weighted by Crippen LogP contribution is -2.45. The first-order valence-electron chi connectivity index (χ1n) is 26.2. The van der Waals surface area contributed by atoms with Crippen LogP contribution in [0.25, 0.3) is 0 Å². The molecule has 0 saturated heterocycles. The van der Waals surface area contributed by atoms with E-state index < -0.39 is 12.1 Å². The Morgan fingerprint density at radius 3 is 1.11 bits per heavy atom. The van der Waals surface area contributed by atoms with E-state index in [9.17, 15) is 15.0 Å². The number of hydrogen-bond acceptors (Lipinski definition) is 3. The summed E-state index contributed by atoms with van der Waals surface area (Å²) in [7, 11) is 0. The minimum absolute atomic E-state index is 0.0873. The Kier molecular flexibility index (Phi) is 50.4. The van der Waals surface area contributed by atoms with Gasteiger partial charge in [-0.2, -0.15) is 0 Å². The first-order valence-corrected chi connectivity index (χ1v) is 26.2. The molecule has 358 valence electrons. The van der Waals surface area contributed by atoms with Gasteiger partial charge in [-0.25, -0.2) is 0 Å². The lowest BCUT2D eigenvalue weighted by Gasteiger charge is -2.19. The fourth-order valence-corrected chi connectivity index (χ4v) is 7.21. The Balaban J connectivity index is 3.66. The number of rotatable bonds is 46. The van der Waals surface area contributed by atoms with Crippen LogP contribution >= 0.6 is 0 Å². The van der Waals surface area contributed by atoms with Crippen molar-refractivity contribution in [3.63, 3.8) is 0 Å². The van der Waals surface area contributed by atoms with Crippen molar-refractivity contribution in [3.8, 4) is 0 Å². The van der Waals surface area contributed by atoms with E-state index in [0.717, 1.165) is 96.3 Å². The number of carbonyl (C=O) groups is 1. The molecule has 0 aliphatic rings. The summed E-state index contributed by atoms with van der Waals surface area (Å²) < 4.78 is 0. The molecule has 0 aromatic carbocycles. The monoisotopic (exact) mass is 870 g/mol. The summed E-state index contributed by atoms with van der Waals surface area (Å²) in [4.78, 5) is 12.4. The van der Waals surface area contributed by atoms with Gasteiger partial charge in [-0.05, 0) is 96.3 Å². The van der Waals surface area contributed by atoms with Crippen molar-refractivity contribution in [1.29, 1.82) is 0 Å². The van der Waals surface area contributed by atoms with Crippen LogP contribution in [0.15, 0.2) is 122 Å². The maximum atomic E-state index is 12.4. The van der Waals surface area contributed by atoms with Crippen molar-refractivity contribution < 1.29 is 15.0 Å². The highest BCUT2D eigenvalue weighted by Crippen LogP contribution is 2.14. The molecule has 2 atom stereocenters. The summed E-state index contributed by atoms with van der Waals surface area (Å²) >= 11 is 0. The van der Waals surface area contributed by atoms with Crippen molar-refractivity contribution in [2.45, 2.75) is 238 Å². The molecule has 0 aliphatic carbocycles. The van der Waals surface area contributed by atoms with Gasteiger partial charge in [-0.15, -0.1) is 0 Å². The molecular formula is C59H99NO3. The van der Waals surface area contributed by atoms with Crippen LogP contribution in [0.2, 0.25) is 0 Å². The number of unbranched alkanes of at least 4 members (excludes halogenated alkanes) is 21. The molecule has 0 aromatic heterocycles. The molecule has 4 nitrogen and oxygen atoms in total. The van der Waals surface area contributed by atoms with Gasteiger partial charge in [0.25, 0.3) is 0 Å². The molecular weight excluding hydrogens is 771 g/mol. The lowest BCUT2D eigenvalue weighted by atomic mass is 10.0. The van der Waals surface area contributed by atoms with Gasteiger partial charge in [0, 0.05) is 6.42 Å². The summed E-state index contributed by atoms with van der Waals surface area (Å²) in [6, 6.07) is -0.652. The van der Waals surface area contributed by atoms with Crippen molar-refractivity contribution in [3.05, 3.63) is 122 Å². The Labute approximate surface area is 390 Å². The fraction of sp³-hybridized carbons (Fsp3) is 0.644. The molecule has 0 aromatic rings. The fourth-order valence-electron chi connectivity index (χ4n) is 7.21. The van der Waals surface area contributed by atoms with Crippen LogP contribution in [0.4, 0.5) is 0 Å². The van der Waals surface area contributed by atoms with Crippen LogP contribution in [0.1, 0.15) is 226 Å². The maximum Gasteiger partial charge on any atom is 0.220 e. The summed E-state index contributed by atoms with van der Waals surface area (Å²) in [6.45, 7) is 4.17. The van der Waals surface area contributed by atoms with E-state index >= 15 is 0 Å². The van der Waals surface area contributed by atoms with E-state index in [-0.39, 0.29) is 12.5 Å². The third kappa shape index (κ3) is 49.7. The third-order valence-corrected chi connectivity index (χ3v) is 11.2. The molecule has 0 bridgehead atoms. The molecule has 4 heteroatoms. The normalized spacial score (nSPS) is 13.9. The number of carbonyl (C=O) groups excluding carboxylic acids is 1. The molecule has 0 saturated carbocycles. The van der Waals surface area contributed by atoms with Gasteiger partial charge in [0.2, 0.25) is 5.91 Å². The second-order valence-corrected chi connectivity index (χ2v) is 17.2.